The molecule has 38 heavy (non-hydrogen) atoms. The van der Waals surface area contributed by atoms with Crippen LogP contribution in [0.1, 0.15) is 30.0 Å². The van der Waals surface area contributed by atoms with Crippen LogP contribution >= 0.6 is 0 Å². The maximum absolute atomic E-state index is 11.7. The van der Waals surface area contributed by atoms with E-state index < -0.39 is 6.09 Å². The lowest BCUT2D eigenvalue weighted by molar-refractivity contribution is -0.123. The zero-order valence-corrected chi connectivity index (χ0v) is 22.0. The van der Waals surface area contributed by atoms with Crippen molar-refractivity contribution < 1.29 is 24.5 Å². The summed E-state index contributed by atoms with van der Waals surface area (Å²) in [5.74, 6) is 0.613. The molecule has 7 nitrogen and oxygen atoms in total. The monoisotopic (exact) mass is 514 g/mol. The van der Waals surface area contributed by atoms with Crippen LogP contribution < -0.4 is 4.74 Å². The molecule has 0 heterocycles. The summed E-state index contributed by atoms with van der Waals surface area (Å²) in [6, 6.07) is 25.1. The Morgan fingerprint density at radius 3 is 2.18 bits per heavy atom. The van der Waals surface area contributed by atoms with Gasteiger partial charge < -0.3 is 24.7 Å². The van der Waals surface area contributed by atoms with Gasteiger partial charge in [0.1, 0.15) is 18.1 Å². The minimum Gasteiger partial charge on any atom is -0.508 e. The third-order valence-corrected chi connectivity index (χ3v) is 5.98. The second-order valence-electron chi connectivity index (χ2n) is 8.86. The minimum absolute atomic E-state index is 0.0918. The number of phenols is 1. The van der Waals surface area contributed by atoms with Crippen LogP contribution in [0.4, 0.5) is 4.79 Å². The fourth-order valence-corrected chi connectivity index (χ4v) is 4.03. The number of nitrogens with zero attached hydrogens (tertiary/aromatic N) is 2. The molecule has 0 aliphatic rings. The quantitative estimate of drug-likeness (QED) is 0.251. The molecule has 0 atom stereocenters. The normalized spacial score (nSPS) is 11.7. The van der Waals surface area contributed by atoms with Crippen LogP contribution in [-0.2, 0) is 4.79 Å². The standard InChI is InChI=1S/C31H34N2O5/c1-4-28(23-10-6-5-7-11-23)30(25-12-8-13-26(34)22-25)24-15-17-27(18-16-24)38-21-20-33(31(36)37)19-9-14-29(35)32(2)3/h5-18,22,34H,4,19-21H2,1-3H3,(H,36,37). The summed E-state index contributed by atoms with van der Waals surface area (Å²) in [5, 5.41) is 19.6. The molecule has 2 N–H and O–H groups in total. The molecular formula is C31H34N2O5. The molecule has 198 valence electrons. The number of likely N-dealkylation sites (N-methyl/N-ethyl adjacent to an activating group) is 1. The Morgan fingerprint density at radius 2 is 1.58 bits per heavy atom. The number of benzene rings is 3. The molecule has 0 fully saturated rings. The number of ether oxygens (including phenoxy) is 1. The van der Waals surface area contributed by atoms with Gasteiger partial charge in [-0.25, -0.2) is 4.79 Å². The summed E-state index contributed by atoms with van der Waals surface area (Å²) in [5.41, 5.74) is 5.19. The number of carboxylic acid groups (broad SMARTS) is 1. The van der Waals surface area contributed by atoms with Gasteiger partial charge in [-0.3, -0.25) is 4.79 Å². The fourth-order valence-electron chi connectivity index (χ4n) is 4.03. The number of allylic oxidation sites excluding steroid dienone is 1. The van der Waals surface area contributed by atoms with E-state index in [1.165, 1.54) is 22.0 Å². The first-order valence-electron chi connectivity index (χ1n) is 12.5. The van der Waals surface area contributed by atoms with Crippen molar-refractivity contribution in [3.63, 3.8) is 0 Å². The lowest BCUT2D eigenvalue weighted by Gasteiger charge is -2.18. The number of hydrogen-bond donors (Lipinski definition) is 2. The summed E-state index contributed by atoms with van der Waals surface area (Å²) in [4.78, 5) is 25.8. The molecule has 0 saturated heterocycles. The van der Waals surface area contributed by atoms with Gasteiger partial charge in [-0.15, -0.1) is 0 Å². The van der Waals surface area contributed by atoms with E-state index in [9.17, 15) is 19.8 Å². The van der Waals surface area contributed by atoms with Crippen molar-refractivity contribution in [2.24, 2.45) is 0 Å². The summed E-state index contributed by atoms with van der Waals surface area (Å²) in [6.07, 6.45) is 2.60. The molecule has 2 amide bonds. The Bertz CT molecular complexity index is 1280. The number of amides is 2. The molecule has 3 rings (SSSR count). The minimum atomic E-state index is -1.08. The Kier molecular flexibility index (Phi) is 10.1. The van der Waals surface area contributed by atoms with Gasteiger partial charge in [0.05, 0.1) is 6.54 Å². The van der Waals surface area contributed by atoms with Crippen molar-refractivity contribution in [2.45, 2.75) is 13.3 Å². The number of hydrogen-bond acceptors (Lipinski definition) is 4. The number of carbonyl (C=O) groups is 2. The van der Waals surface area contributed by atoms with Gasteiger partial charge in [0.2, 0.25) is 5.91 Å². The maximum atomic E-state index is 11.7. The summed E-state index contributed by atoms with van der Waals surface area (Å²) in [6.45, 7) is 2.53. The van der Waals surface area contributed by atoms with Crippen molar-refractivity contribution in [2.75, 3.05) is 33.8 Å². The van der Waals surface area contributed by atoms with Gasteiger partial charge in [0.15, 0.2) is 0 Å². The van der Waals surface area contributed by atoms with Crippen molar-refractivity contribution in [3.05, 3.63) is 108 Å². The smallest absolute Gasteiger partial charge is 0.407 e. The number of carbonyl (C=O) groups excluding carboxylic acids is 1. The molecule has 0 radical (unpaired) electrons. The van der Waals surface area contributed by atoms with Crippen molar-refractivity contribution in [1.29, 1.82) is 0 Å². The second-order valence-corrected chi connectivity index (χ2v) is 8.86. The molecule has 0 bridgehead atoms. The number of phenolic OH excluding ortho intramolecular Hbond substituents is 1. The van der Waals surface area contributed by atoms with E-state index in [1.807, 2.05) is 54.6 Å². The highest BCUT2D eigenvalue weighted by atomic mass is 16.5. The lowest BCUT2D eigenvalue weighted by Crippen LogP contribution is -2.33. The molecule has 0 aliphatic carbocycles. The highest BCUT2D eigenvalue weighted by Crippen LogP contribution is 2.36. The lowest BCUT2D eigenvalue weighted by atomic mass is 9.88. The van der Waals surface area contributed by atoms with Crippen LogP contribution in [0.15, 0.2) is 91.0 Å². The first kappa shape index (κ1) is 28.1. The predicted molar refractivity (Wildman–Crippen MR) is 150 cm³/mol. The summed E-state index contributed by atoms with van der Waals surface area (Å²) < 4.78 is 5.82. The van der Waals surface area contributed by atoms with Crippen molar-refractivity contribution in [1.82, 2.24) is 9.80 Å². The molecule has 0 aliphatic heterocycles. The van der Waals surface area contributed by atoms with Crippen LogP contribution in [0.5, 0.6) is 11.5 Å². The molecule has 0 aromatic heterocycles. The van der Waals surface area contributed by atoms with Gasteiger partial charge in [-0.1, -0.05) is 67.6 Å². The van der Waals surface area contributed by atoms with Crippen LogP contribution in [0.3, 0.4) is 0 Å². The van der Waals surface area contributed by atoms with E-state index in [2.05, 4.69) is 19.1 Å². The predicted octanol–water partition coefficient (Wildman–Crippen LogP) is 5.76. The van der Waals surface area contributed by atoms with Crippen LogP contribution in [0.25, 0.3) is 11.1 Å². The van der Waals surface area contributed by atoms with E-state index in [0.29, 0.717) is 5.75 Å². The highest BCUT2D eigenvalue weighted by molar-refractivity contribution is 5.98. The van der Waals surface area contributed by atoms with Crippen LogP contribution in [-0.4, -0.2) is 65.8 Å². The maximum Gasteiger partial charge on any atom is 0.407 e. The van der Waals surface area contributed by atoms with Crippen molar-refractivity contribution >= 4 is 23.1 Å². The van der Waals surface area contributed by atoms with E-state index in [4.69, 9.17) is 4.74 Å². The van der Waals surface area contributed by atoms with Crippen LogP contribution in [0.2, 0.25) is 0 Å². The van der Waals surface area contributed by atoms with Gasteiger partial charge in [0, 0.05) is 26.7 Å². The average Bonchev–Trinajstić information content (AvgIpc) is 2.91. The SMILES string of the molecule is CCC(=C(c1ccc(OCCN(CC=CC(=O)N(C)C)C(=O)O)cc1)c1cccc(O)c1)c1ccccc1. The molecule has 3 aromatic carbocycles. The summed E-state index contributed by atoms with van der Waals surface area (Å²) in [7, 11) is 3.27. The van der Waals surface area contributed by atoms with Gasteiger partial charge in [-0.05, 0) is 58.5 Å². The third kappa shape index (κ3) is 7.74. The van der Waals surface area contributed by atoms with Crippen molar-refractivity contribution in [3.8, 4) is 11.5 Å². The van der Waals surface area contributed by atoms with Gasteiger partial charge in [0.25, 0.3) is 0 Å². The highest BCUT2D eigenvalue weighted by Gasteiger charge is 2.14. The van der Waals surface area contributed by atoms with E-state index >= 15 is 0 Å². The molecule has 0 unspecified atom stereocenters. The van der Waals surface area contributed by atoms with Gasteiger partial charge in [-0.2, -0.15) is 0 Å². The average molecular weight is 515 g/mol. The van der Waals surface area contributed by atoms with E-state index in [-0.39, 0.29) is 31.4 Å². The summed E-state index contributed by atoms with van der Waals surface area (Å²) >= 11 is 0. The molecule has 0 spiro atoms. The Balaban J connectivity index is 1.77. The number of aromatic hydroxyl groups is 1. The molecule has 0 saturated carbocycles. The first-order valence-corrected chi connectivity index (χ1v) is 12.5. The number of rotatable bonds is 11. The van der Waals surface area contributed by atoms with Crippen LogP contribution in [0, 0.1) is 0 Å². The van der Waals surface area contributed by atoms with E-state index in [1.54, 1.807) is 26.2 Å². The van der Waals surface area contributed by atoms with Gasteiger partial charge >= 0.3 is 6.09 Å². The topological polar surface area (TPSA) is 90.3 Å². The molecular weight excluding hydrogens is 480 g/mol. The largest absolute Gasteiger partial charge is 0.508 e. The third-order valence-electron chi connectivity index (χ3n) is 5.98. The Hall–Kier alpha value is -4.52. The van der Waals surface area contributed by atoms with E-state index in [0.717, 1.165) is 34.3 Å². The Labute approximate surface area is 223 Å². The first-order chi connectivity index (χ1) is 18.3. The zero-order valence-electron chi connectivity index (χ0n) is 22.0. The molecule has 7 heteroatoms. The second kappa shape index (κ2) is 13.7. The molecule has 3 aromatic rings. The Morgan fingerprint density at radius 1 is 0.895 bits per heavy atom. The zero-order chi connectivity index (χ0) is 27.5. The fraction of sp³-hybridized carbons (Fsp3) is 0.226.